The van der Waals surface area contributed by atoms with E-state index in [1.54, 1.807) is 42.2 Å². The van der Waals surface area contributed by atoms with E-state index >= 15 is 0 Å². The van der Waals surface area contributed by atoms with Gasteiger partial charge < -0.3 is 14.7 Å². The molecule has 2 aromatic heterocycles. The number of nitrogens with one attached hydrogen (secondary N) is 1. The zero-order chi connectivity index (χ0) is 22.1. The maximum atomic E-state index is 13.2. The third-order valence-electron chi connectivity index (χ3n) is 5.44. The SMILES string of the molecule is CN1C(=O)C(NC(=O)c2cc(Cc3ccccc3)on2)CSc2ccc3cnccc3c21. The standard InChI is InChI=1S/C24H20N4O3S/c1-28-22-18-9-10-25-13-16(18)7-8-21(22)32-14-20(24(28)30)26-23(29)19-12-17(31-27-19)11-15-5-3-2-4-6-15/h2-10,12-13,20H,11,14H2,1H3,(H,26,29). The predicted molar refractivity (Wildman–Crippen MR) is 123 cm³/mol. The molecule has 2 aromatic carbocycles. The van der Waals surface area contributed by atoms with Crippen molar-refractivity contribution >= 4 is 40.0 Å². The highest BCUT2D eigenvalue weighted by Gasteiger charge is 2.31. The van der Waals surface area contributed by atoms with Crippen LogP contribution in [0.4, 0.5) is 5.69 Å². The molecule has 0 fully saturated rings. The predicted octanol–water partition coefficient (Wildman–Crippen LogP) is 3.68. The molecule has 2 amide bonds. The average Bonchev–Trinajstić information content (AvgIpc) is 3.25. The van der Waals surface area contributed by atoms with Crippen molar-refractivity contribution in [1.82, 2.24) is 15.5 Å². The topological polar surface area (TPSA) is 88.3 Å². The summed E-state index contributed by atoms with van der Waals surface area (Å²) in [6, 6.07) is 16.6. The monoisotopic (exact) mass is 444 g/mol. The number of likely N-dealkylation sites (N-methyl/N-ethyl adjacent to an activating group) is 1. The van der Waals surface area contributed by atoms with E-state index in [1.807, 2.05) is 48.5 Å². The Labute approximate surface area is 188 Å². The molecule has 32 heavy (non-hydrogen) atoms. The van der Waals surface area contributed by atoms with Crippen LogP contribution in [0.3, 0.4) is 0 Å². The Morgan fingerprint density at radius 1 is 1.22 bits per heavy atom. The Morgan fingerprint density at radius 3 is 2.91 bits per heavy atom. The molecule has 4 aromatic rings. The maximum Gasteiger partial charge on any atom is 0.274 e. The van der Waals surface area contributed by atoms with Crippen molar-refractivity contribution in [3.63, 3.8) is 0 Å². The summed E-state index contributed by atoms with van der Waals surface area (Å²) < 4.78 is 5.33. The third-order valence-corrected chi connectivity index (χ3v) is 6.58. The van der Waals surface area contributed by atoms with Crippen molar-refractivity contribution in [3.8, 4) is 0 Å². The van der Waals surface area contributed by atoms with Gasteiger partial charge in [0.25, 0.3) is 5.91 Å². The van der Waals surface area contributed by atoms with Gasteiger partial charge >= 0.3 is 0 Å². The Balaban J connectivity index is 1.33. The molecule has 1 N–H and O–H groups in total. The first kappa shape index (κ1) is 20.3. The van der Waals surface area contributed by atoms with Crippen LogP contribution in [0, 0.1) is 0 Å². The van der Waals surface area contributed by atoms with Crippen molar-refractivity contribution < 1.29 is 14.1 Å². The van der Waals surface area contributed by atoms with Gasteiger partial charge in [0.05, 0.1) is 5.69 Å². The number of aromatic nitrogens is 2. The molecule has 8 heteroatoms. The number of carbonyl (C=O) groups excluding carboxylic acids is 2. The summed E-state index contributed by atoms with van der Waals surface area (Å²) in [5.41, 5.74) is 2.06. The molecule has 1 unspecified atom stereocenters. The Kier molecular flexibility index (Phi) is 5.36. The summed E-state index contributed by atoms with van der Waals surface area (Å²) >= 11 is 1.54. The van der Waals surface area contributed by atoms with Crippen molar-refractivity contribution in [2.24, 2.45) is 0 Å². The molecular formula is C24H20N4O3S. The quantitative estimate of drug-likeness (QED) is 0.517. The number of pyridine rings is 1. The Bertz CT molecular complexity index is 1310. The number of anilines is 1. The van der Waals surface area contributed by atoms with Crippen LogP contribution in [0.25, 0.3) is 10.8 Å². The van der Waals surface area contributed by atoms with E-state index in [0.29, 0.717) is 17.9 Å². The van der Waals surface area contributed by atoms with Crippen LogP contribution in [-0.4, -0.2) is 40.8 Å². The highest BCUT2D eigenvalue weighted by atomic mass is 32.2. The first-order valence-corrected chi connectivity index (χ1v) is 11.2. The maximum absolute atomic E-state index is 13.2. The van der Waals surface area contributed by atoms with Gasteiger partial charge in [-0.15, -0.1) is 11.8 Å². The highest BCUT2D eigenvalue weighted by Crippen LogP contribution is 2.39. The smallest absolute Gasteiger partial charge is 0.274 e. The number of nitrogens with zero attached hydrogens (tertiary/aromatic N) is 3. The van der Waals surface area contributed by atoms with Gasteiger partial charge in [-0.05, 0) is 17.7 Å². The molecule has 0 radical (unpaired) electrons. The lowest BCUT2D eigenvalue weighted by Gasteiger charge is -2.22. The number of thioether (sulfide) groups is 1. The summed E-state index contributed by atoms with van der Waals surface area (Å²) in [5, 5.41) is 8.64. The Hall–Kier alpha value is -3.65. The fourth-order valence-corrected chi connectivity index (χ4v) is 4.94. The fraction of sp³-hybridized carbons (Fsp3) is 0.167. The number of hydrogen-bond donors (Lipinski definition) is 1. The molecule has 1 atom stereocenters. The van der Waals surface area contributed by atoms with E-state index in [1.165, 1.54) is 0 Å². The van der Waals surface area contributed by atoms with Gasteiger partial charge in [0.1, 0.15) is 11.8 Å². The number of fused-ring (bicyclic) bond motifs is 3. The van der Waals surface area contributed by atoms with Gasteiger partial charge in [-0.2, -0.15) is 0 Å². The zero-order valence-electron chi connectivity index (χ0n) is 17.3. The molecule has 0 spiro atoms. The van der Waals surface area contributed by atoms with Crippen LogP contribution in [0.1, 0.15) is 21.8 Å². The third kappa shape index (κ3) is 3.85. The van der Waals surface area contributed by atoms with Crippen molar-refractivity contribution in [2.75, 3.05) is 17.7 Å². The molecule has 0 bridgehead atoms. The van der Waals surface area contributed by atoms with Crippen molar-refractivity contribution in [1.29, 1.82) is 0 Å². The van der Waals surface area contributed by atoms with E-state index in [2.05, 4.69) is 15.5 Å². The van der Waals surface area contributed by atoms with Gasteiger partial charge in [-0.25, -0.2) is 0 Å². The summed E-state index contributed by atoms with van der Waals surface area (Å²) in [6.07, 6.45) is 4.03. The van der Waals surface area contributed by atoms with E-state index < -0.39 is 11.9 Å². The molecule has 3 heterocycles. The number of amides is 2. The van der Waals surface area contributed by atoms with Crippen molar-refractivity contribution in [2.45, 2.75) is 17.4 Å². The summed E-state index contributed by atoms with van der Waals surface area (Å²) in [4.78, 5) is 32.8. The van der Waals surface area contributed by atoms with E-state index in [9.17, 15) is 9.59 Å². The fourth-order valence-electron chi connectivity index (χ4n) is 3.82. The van der Waals surface area contributed by atoms with Crippen LogP contribution in [0.2, 0.25) is 0 Å². The van der Waals surface area contributed by atoms with Crippen LogP contribution < -0.4 is 10.2 Å². The first-order valence-electron chi connectivity index (χ1n) is 10.2. The van der Waals surface area contributed by atoms with E-state index in [4.69, 9.17) is 4.52 Å². The molecule has 7 nitrogen and oxygen atoms in total. The lowest BCUT2D eigenvalue weighted by molar-refractivity contribution is -0.119. The molecule has 160 valence electrons. The highest BCUT2D eigenvalue weighted by molar-refractivity contribution is 7.99. The molecule has 1 aliphatic rings. The summed E-state index contributed by atoms with van der Waals surface area (Å²) in [5.74, 6) is 0.405. The Morgan fingerprint density at radius 2 is 2.06 bits per heavy atom. The van der Waals surface area contributed by atoms with E-state index in [-0.39, 0.29) is 11.6 Å². The number of carbonyl (C=O) groups is 2. The number of rotatable bonds is 4. The van der Waals surface area contributed by atoms with Gasteiger partial charge in [-0.1, -0.05) is 41.6 Å². The van der Waals surface area contributed by atoms with Crippen LogP contribution in [0.15, 0.2) is 76.4 Å². The summed E-state index contributed by atoms with van der Waals surface area (Å²) in [6.45, 7) is 0. The van der Waals surface area contributed by atoms with Gasteiger partial charge in [0.15, 0.2) is 5.69 Å². The lowest BCUT2D eigenvalue weighted by atomic mass is 10.1. The minimum atomic E-state index is -0.684. The van der Waals surface area contributed by atoms with Gasteiger partial charge in [0, 0.05) is 53.3 Å². The van der Waals surface area contributed by atoms with E-state index in [0.717, 1.165) is 26.9 Å². The molecule has 0 saturated carbocycles. The normalized spacial score (nSPS) is 16.0. The molecular weight excluding hydrogens is 424 g/mol. The molecule has 0 aliphatic carbocycles. The second-order valence-corrected chi connectivity index (χ2v) is 8.65. The van der Waals surface area contributed by atoms with Gasteiger partial charge in [-0.3, -0.25) is 14.6 Å². The van der Waals surface area contributed by atoms with Gasteiger partial charge in [0.2, 0.25) is 5.91 Å². The van der Waals surface area contributed by atoms with Crippen molar-refractivity contribution in [3.05, 3.63) is 84.0 Å². The zero-order valence-corrected chi connectivity index (χ0v) is 18.1. The largest absolute Gasteiger partial charge is 0.360 e. The molecule has 0 saturated heterocycles. The number of hydrogen-bond acceptors (Lipinski definition) is 6. The summed E-state index contributed by atoms with van der Waals surface area (Å²) in [7, 11) is 1.74. The first-order chi connectivity index (χ1) is 15.6. The molecule has 1 aliphatic heterocycles. The van der Waals surface area contributed by atoms with Crippen LogP contribution >= 0.6 is 11.8 Å². The minimum Gasteiger partial charge on any atom is -0.360 e. The second-order valence-electron chi connectivity index (χ2n) is 7.58. The number of benzene rings is 2. The van der Waals surface area contributed by atoms with Crippen LogP contribution in [0.5, 0.6) is 0 Å². The second kappa shape index (κ2) is 8.47. The molecule has 5 rings (SSSR count). The minimum absolute atomic E-state index is 0.162. The van der Waals surface area contributed by atoms with Crippen LogP contribution in [-0.2, 0) is 11.2 Å². The lowest BCUT2D eigenvalue weighted by Crippen LogP contribution is -2.48. The average molecular weight is 445 g/mol.